The number of aliphatic hydroxyl groups excluding tert-OH is 1. The molecule has 0 unspecified atom stereocenters. The van der Waals surface area contributed by atoms with Gasteiger partial charge in [-0.25, -0.2) is 0 Å². The molecule has 2 N–H and O–H groups in total. The SMILES string of the molecule is OCCOCCCNc1nnnn1-c1ccccc1. The number of nitrogens with zero attached hydrogens (tertiary/aromatic N) is 4. The van der Waals surface area contributed by atoms with Crippen LogP contribution in [-0.2, 0) is 4.74 Å². The van der Waals surface area contributed by atoms with Crippen LogP contribution in [0.3, 0.4) is 0 Å². The van der Waals surface area contributed by atoms with Crippen molar-refractivity contribution in [1.29, 1.82) is 0 Å². The van der Waals surface area contributed by atoms with Crippen molar-refractivity contribution in [3.8, 4) is 5.69 Å². The molecule has 0 aliphatic rings. The Morgan fingerprint density at radius 2 is 2.05 bits per heavy atom. The molecule has 7 nitrogen and oxygen atoms in total. The van der Waals surface area contributed by atoms with Gasteiger partial charge in [0.25, 0.3) is 0 Å². The number of hydrogen-bond donors (Lipinski definition) is 2. The zero-order valence-corrected chi connectivity index (χ0v) is 10.6. The van der Waals surface area contributed by atoms with Crippen LogP contribution >= 0.6 is 0 Å². The van der Waals surface area contributed by atoms with Crippen molar-refractivity contribution in [1.82, 2.24) is 20.2 Å². The van der Waals surface area contributed by atoms with Crippen LogP contribution < -0.4 is 5.32 Å². The van der Waals surface area contributed by atoms with Crippen molar-refractivity contribution in [3.05, 3.63) is 30.3 Å². The van der Waals surface area contributed by atoms with Crippen LogP contribution in [0.1, 0.15) is 6.42 Å². The number of aromatic nitrogens is 4. The summed E-state index contributed by atoms with van der Waals surface area (Å²) < 4.78 is 6.82. The summed E-state index contributed by atoms with van der Waals surface area (Å²) >= 11 is 0. The number of aliphatic hydroxyl groups is 1. The van der Waals surface area contributed by atoms with Crippen molar-refractivity contribution in [3.63, 3.8) is 0 Å². The molecule has 0 atom stereocenters. The van der Waals surface area contributed by atoms with Crippen LogP contribution in [0.4, 0.5) is 5.95 Å². The maximum Gasteiger partial charge on any atom is 0.247 e. The molecule has 0 aliphatic carbocycles. The molecule has 19 heavy (non-hydrogen) atoms. The van der Waals surface area contributed by atoms with E-state index in [2.05, 4.69) is 20.8 Å². The average Bonchev–Trinajstić information content (AvgIpc) is 2.92. The lowest BCUT2D eigenvalue weighted by Crippen LogP contribution is -2.11. The number of rotatable bonds is 8. The highest BCUT2D eigenvalue weighted by Gasteiger charge is 2.06. The van der Waals surface area contributed by atoms with Gasteiger partial charge in [0.15, 0.2) is 0 Å². The van der Waals surface area contributed by atoms with Gasteiger partial charge in [0.1, 0.15) is 0 Å². The fourth-order valence-electron chi connectivity index (χ4n) is 1.58. The van der Waals surface area contributed by atoms with Crippen molar-refractivity contribution >= 4 is 5.95 Å². The third kappa shape index (κ3) is 4.01. The Labute approximate surface area is 111 Å². The Bertz CT molecular complexity index is 474. The average molecular weight is 263 g/mol. The number of anilines is 1. The van der Waals surface area contributed by atoms with Gasteiger partial charge in [0.2, 0.25) is 5.95 Å². The van der Waals surface area contributed by atoms with Crippen LogP contribution in [0.5, 0.6) is 0 Å². The third-order valence-corrected chi connectivity index (χ3v) is 2.45. The smallest absolute Gasteiger partial charge is 0.247 e. The molecular weight excluding hydrogens is 246 g/mol. The van der Waals surface area contributed by atoms with Crippen molar-refractivity contribution in [2.24, 2.45) is 0 Å². The molecular formula is C12H17N5O2. The second-order valence-corrected chi connectivity index (χ2v) is 3.87. The lowest BCUT2D eigenvalue weighted by Gasteiger charge is -2.07. The number of ether oxygens (including phenoxy) is 1. The van der Waals surface area contributed by atoms with E-state index in [9.17, 15) is 0 Å². The van der Waals surface area contributed by atoms with E-state index in [1.165, 1.54) is 0 Å². The van der Waals surface area contributed by atoms with E-state index in [0.29, 0.717) is 25.7 Å². The molecule has 0 fully saturated rings. The second-order valence-electron chi connectivity index (χ2n) is 3.87. The van der Waals surface area contributed by atoms with Crippen LogP contribution in [0.2, 0.25) is 0 Å². The highest BCUT2D eigenvalue weighted by atomic mass is 16.5. The minimum atomic E-state index is 0.0552. The maximum atomic E-state index is 8.56. The summed E-state index contributed by atoms with van der Waals surface area (Å²) in [5.41, 5.74) is 0.909. The summed E-state index contributed by atoms with van der Waals surface area (Å²) in [7, 11) is 0. The van der Waals surface area contributed by atoms with Gasteiger partial charge < -0.3 is 15.2 Å². The quantitative estimate of drug-likeness (QED) is 0.674. The Morgan fingerprint density at radius 3 is 2.84 bits per heavy atom. The largest absolute Gasteiger partial charge is 0.394 e. The monoisotopic (exact) mass is 263 g/mol. The fourth-order valence-corrected chi connectivity index (χ4v) is 1.58. The minimum Gasteiger partial charge on any atom is -0.394 e. The normalized spacial score (nSPS) is 10.6. The Balaban J connectivity index is 1.83. The van der Waals surface area contributed by atoms with E-state index in [-0.39, 0.29) is 6.61 Å². The molecule has 0 spiro atoms. The third-order valence-electron chi connectivity index (χ3n) is 2.45. The summed E-state index contributed by atoms with van der Waals surface area (Å²) in [6, 6.07) is 9.68. The first-order valence-electron chi connectivity index (χ1n) is 6.18. The molecule has 1 aromatic heterocycles. The summed E-state index contributed by atoms with van der Waals surface area (Å²) in [6.07, 6.45) is 0.821. The van der Waals surface area contributed by atoms with E-state index in [4.69, 9.17) is 9.84 Å². The first-order valence-corrected chi connectivity index (χ1v) is 6.18. The molecule has 0 aliphatic heterocycles. The molecule has 0 saturated heterocycles. The molecule has 0 bridgehead atoms. The van der Waals surface area contributed by atoms with Gasteiger partial charge >= 0.3 is 0 Å². The summed E-state index contributed by atoms with van der Waals surface area (Å²) in [5.74, 6) is 0.605. The first kappa shape index (κ1) is 13.4. The standard InChI is InChI=1S/C12H17N5O2/c18-8-10-19-9-4-7-13-12-14-15-16-17(12)11-5-2-1-3-6-11/h1-3,5-6,18H,4,7-10H2,(H,13,14,16). The lowest BCUT2D eigenvalue weighted by atomic mass is 10.3. The molecule has 0 amide bonds. The van der Waals surface area contributed by atoms with Gasteiger partial charge in [-0.15, -0.1) is 0 Å². The van der Waals surface area contributed by atoms with Gasteiger partial charge in [0, 0.05) is 13.2 Å². The number of tetrazole rings is 1. The van der Waals surface area contributed by atoms with E-state index >= 15 is 0 Å². The van der Waals surface area contributed by atoms with Crippen molar-refractivity contribution in [2.75, 3.05) is 31.7 Å². The van der Waals surface area contributed by atoms with Crippen LogP contribution in [0.25, 0.3) is 5.69 Å². The van der Waals surface area contributed by atoms with Gasteiger partial charge in [0.05, 0.1) is 18.9 Å². The molecule has 0 radical (unpaired) electrons. The maximum absolute atomic E-state index is 8.56. The lowest BCUT2D eigenvalue weighted by molar-refractivity contribution is 0.0921. The molecule has 102 valence electrons. The molecule has 1 aromatic carbocycles. The molecule has 2 aromatic rings. The van der Waals surface area contributed by atoms with E-state index in [0.717, 1.165) is 12.1 Å². The fraction of sp³-hybridized carbons (Fsp3) is 0.417. The molecule has 7 heteroatoms. The minimum absolute atomic E-state index is 0.0552. The van der Waals surface area contributed by atoms with Gasteiger partial charge in [-0.2, -0.15) is 4.68 Å². The van der Waals surface area contributed by atoms with E-state index in [1.807, 2.05) is 30.3 Å². The number of hydrogen-bond acceptors (Lipinski definition) is 6. The predicted octanol–water partition coefficient (Wildman–Crippen LogP) is 0.473. The van der Waals surface area contributed by atoms with Gasteiger partial charge in [-0.3, -0.25) is 0 Å². The van der Waals surface area contributed by atoms with Crippen molar-refractivity contribution in [2.45, 2.75) is 6.42 Å². The molecule has 2 rings (SSSR count). The summed E-state index contributed by atoms with van der Waals surface area (Å²) in [6.45, 7) is 1.74. The Kier molecular flexibility index (Phi) is 5.27. The predicted molar refractivity (Wildman–Crippen MR) is 70.2 cm³/mol. The number of para-hydroxylation sites is 1. The highest BCUT2D eigenvalue weighted by molar-refractivity contribution is 5.38. The zero-order chi connectivity index (χ0) is 13.3. The van der Waals surface area contributed by atoms with Crippen LogP contribution in [-0.4, -0.2) is 51.7 Å². The van der Waals surface area contributed by atoms with E-state index < -0.39 is 0 Å². The van der Waals surface area contributed by atoms with Gasteiger partial charge in [-0.05, 0) is 29.0 Å². The zero-order valence-electron chi connectivity index (χ0n) is 10.6. The molecule has 1 heterocycles. The summed E-state index contributed by atoms with van der Waals surface area (Å²) in [5, 5.41) is 23.3. The second kappa shape index (κ2) is 7.45. The topological polar surface area (TPSA) is 85.1 Å². The number of nitrogens with one attached hydrogen (secondary N) is 1. The van der Waals surface area contributed by atoms with Gasteiger partial charge in [-0.1, -0.05) is 23.3 Å². The Hall–Kier alpha value is -1.99. The Morgan fingerprint density at radius 1 is 1.21 bits per heavy atom. The van der Waals surface area contributed by atoms with E-state index in [1.54, 1.807) is 4.68 Å². The van der Waals surface area contributed by atoms with Crippen LogP contribution in [0.15, 0.2) is 30.3 Å². The summed E-state index contributed by atoms with van der Waals surface area (Å²) in [4.78, 5) is 0. The highest BCUT2D eigenvalue weighted by Crippen LogP contribution is 2.10. The van der Waals surface area contributed by atoms with Crippen molar-refractivity contribution < 1.29 is 9.84 Å². The first-order chi connectivity index (χ1) is 9.42. The molecule has 0 saturated carbocycles. The number of benzene rings is 1. The van der Waals surface area contributed by atoms with Crippen LogP contribution in [0, 0.1) is 0 Å².